The predicted octanol–water partition coefficient (Wildman–Crippen LogP) is 2.63. The molecule has 158 valence electrons. The average molecular weight is 420 g/mol. The van der Waals surface area contributed by atoms with Crippen molar-refractivity contribution >= 4 is 15.9 Å². The minimum absolute atomic E-state index is 0.00255. The average Bonchev–Trinajstić information content (AvgIpc) is 3.05. The van der Waals surface area contributed by atoms with Crippen LogP contribution in [0, 0.1) is 13.8 Å². The smallest absolute Gasteiger partial charge is 0.233 e. The van der Waals surface area contributed by atoms with Gasteiger partial charge < -0.3 is 9.42 Å². The molecule has 1 saturated heterocycles. The van der Waals surface area contributed by atoms with Crippen LogP contribution < -0.4 is 0 Å². The summed E-state index contributed by atoms with van der Waals surface area (Å²) in [6.45, 7) is 6.45. The topological polar surface area (TPSA) is 83.7 Å². The molecular weight excluding hydrogens is 390 g/mol. The standard InChI is InChI=1S/C21H29N3O4S/c1-5-29(26,27)24-13-11-21(12-14-24,18-9-7-6-8-10-18)20(25)23(4)15-19-16(2)22-28-17(19)3/h6-10H,5,11-15H2,1-4H3. The van der Waals surface area contributed by atoms with E-state index in [1.807, 2.05) is 44.2 Å². The number of carbonyl (C=O) groups is 1. The number of likely N-dealkylation sites (N-methyl/N-ethyl adjacent to an activating group) is 1. The second-order valence-electron chi connectivity index (χ2n) is 7.71. The highest BCUT2D eigenvalue weighted by Crippen LogP contribution is 2.38. The predicted molar refractivity (Wildman–Crippen MR) is 111 cm³/mol. The number of hydrogen-bond donors (Lipinski definition) is 0. The summed E-state index contributed by atoms with van der Waals surface area (Å²) in [5.74, 6) is 0.780. The molecule has 0 unspecified atom stereocenters. The van der Waals surface area contributed by atoms with Crippen molar-refractivity contribution in [2.24, 2.45) is 0 Å². The molecule has 1 aliphatic rings. The van der Waals surface area contributed by atoms with E-state index in [1.165, 1.54) is 4.31 Å². The number of benzene rings is 1. The van der Waals surface area contributed by atoms with Crippen molar-refractivity contribution in [2.75, 3.05) is 25.9 Å². The zero-order valence-electron chi connectivity index (χ0n) is 17.5. The Morgan fingerprint density at radius 1 is 1.21 bits per heavy atom. The van der Waals surface area contributed by atoms with Crippen LogP contribution in [0.2, 0.25) is 0 Å². The van der Waals surface area contributed by atoms with Crippen LogP contribution in [0.4, 0.5) is 0 Å². The van der Waals surface area contributed by atoms with E-state index < -0.39 is 15.4 Å². The van der Waals surface area contributed by atoms with E-state index in [0.29, 0.717) is 38.2 Å². The SMILES string of the molecule is CCS(=O)(=O)N1CCC(C(=O)N(C)Cc2c(C)noc2C)(c2ccccc2)CC1. The van der Waals surface area contributed by atoms with Gasteiger partial charge in [-0.3, -0.25) is 4.79 Å². The van der Waals surface area contributed by atoms with Crippen LogP contribution in [0.15, 0.2) is 34.9 Å². The Morgan fingerprint density at radius 2 is 1.83 bits per heavy atom. The molecule has 0 spiro atoms. The van der Waals surface area contributed by atoms with Crippen LogP contribution in [0.3, 0.4) is 0 Å². The molecule has 0 aliphatic carbocycles. The molecule has 1 amide bonds. The summed E-state index contributed by atoms with van der Waals surface area (Å²) < 4.78 is 31.4. The van der Waals surface area contributed by atoms with Crippen molar-refractivity contribution in [3.05, 3.63) is 52.9 Å². The molecule has 0 atom stereocenters. The van der Waals surface area contributed by atoms with Gasteiger partial charge in [-0.1, -0.05) is 35.5 Å². The van der Waals surface area contributed by atoms with Crippen LogP contribution >= 0.6 is 0 Å². The van der Waals surface area contributed by atoms with Crippen molar-refractivity contribution in [1.29, 1.82) is 0 Å². The number of amides is 1. The summed E-state index contributed by atoms with van der Waals surface area (Å²) in [5.41, 5.74) is 1.88. The van der Waals surface area contributed by atoms with Gasteiger partial charge >= 0.3 is 0 Å². The Labute approximate surface area is 172 Å². The van der Waals surface area contributed by atoms with Crippen molar-refractivity contribution in [3.63, 3.8) is 0 Å². The van der Waals surface area contributed by atoms with Crippen LogP contribution in [-0.2, 0) is 26.8 Å². The van der Waals surface area contributed by atoms with Gasteiger partial charge in [-0.05, 0) is 39.2 Å². The van der Waals surface area contributed by atoms with Gasteiger partial charge in [0, 0.05) is 25.7 Å². The van der Waals surface area contributed by atoms with Crippen LogP contribution in [0.5, 0.6) is 0 Å². The quantitative estimate of drug-likeness (QED) is 0.719. The Bertz CT molecular complexity index is 942. The van der Waals surface area contributed by atoms with E-state index in [9.17, 15) is 13.2 Å². The third kappa shape index (κ3) is 4.09. The van der Waals surface area contributed by atoms with E-state index in [2.05, 4.69) is 5.16 Å². The molecule has 2 heterocycles. The first kappa shape index (κ1) is 21.5. The lowest BCUT2D eigenvalue weighted by Gasteiger charge is -2.42. The number of aromatic nitrogens is 1. The molecule has 3 rings (SSSR count). The molecule has 1 aromatic carbocycles. The molecule has 0 N–H and O–H groups in total. The first-order chi connectivity index (χ1) is 13.7. The lowest BCUT2D eigenvalue weighted by atomic mass is 9.72. The third-order valence-corrected chi connectivity index (χ3v) is 7.87. The highest BCUT2D eigenvalue weighted by atomic mass is 32.2. The van der Waals surface area contributed by atoms with Gasteiger partial charge in [-0.15, -0.1) is 0 Å². The summed E-state index contributed by atoms with van der Waals surface area (Å²) >= 11 is 0. The number of sulfonamides is 1. The summed E-state index contributed by atoms with van der Waals surface area (Å²) in [6, 6.07) is 9.70. The number of carbonyl (C=O) groups excluding carboxylic acids is 1. The zero-order valence-corrected chi connectivity index (χ0v) is 18.3. The second-order valence-corrected chi connectivity index (χ2v) is 9.97. The first-order valence-corrected chi connectivity index (χ1v) is 11.5. The van der Waals surface area contributed by atoms with Crippen LogP contribution in [-0.4, -0.2) is 54.6 Å². The molecule has 0 bridgehead atoms. The molecule has 1 aromatic heterocycles. The Balaban J connectivity index is 1.90. The molecule has 7 nitrogen and oxygen atoms in total. The largest absolute Gasteiger partial charge is 0.361 e. The first-order valence-electron chi connectivity index (χ1n) is 9.92. The molecule has 2 aromatic rings. The summed E-state index contributed by atoms with van der Waals surface area (Å²) in [6.07, 6.45) is 0.919. The van der Waals surface area contributed by atoms with Crippen molar-refractivity contribution < 1.29 is 17.7 Å². The minimum Gasteiger partial charge on any atom is -0.361 e. The van der Waals surface area contributed by atoms with E-state index >= 15 is 0 Å². The van der Waals surface area contributed by atoms with Gasteiger partial charge in [-0.25, -0.2) is 12.7 Å². The minimum atomic E-state index is -3.26. The monoisotopic (exact) mass is 419 g/mol. The Morgan fingerprint density at radius 3 is 2.34 bits per heavy atom. The maximum absolute atomic E-state index is 13.7. The maximum Gasteiger partial charge on any atom is 0.233 e. The highest BCUT2D eigenvalue weighted by Gasteiger charge is 2.46. The van der Waals surface area contributed by atoms with E-state index in [-0.39, 0.29) is 11.7 Å². The molecular formula is C21H29N3O4S. The van der Waals surface area contributed by atoms with Crippen molar-refractivity contribution in [3.8, 4) is 0 Å². The summed E-state index contributed by atoms with van der Waals surface area (Å²) in [7, 11) is -1.48. The van der Waals surface area contributed by atoms with Gasteiger partial charge in [0.2, 0.25) is 15.9 Å². The number of nitrogens with zero attached hydrogens (tertiary/aromatic N) is 3. The van der Waals surface area contributed by atoms with Crippen molar-refractivity contribution in [2.45, 2.75) is 45.6 Å². The van der Waals surface area contributed by atoms with E-state index in [0.717, 1.165) is 16.8 Å². The van der Waals surface area contributed by atoms with Crippen LogP contribution in [0.1, 0.15) is 42.3 Å². The van der Waals surface area contributed by atoms with Gasteiger partial charge in [0.05, 0.1) is 23.4 Å². The number of aryl methyl sites for hydroxylation is 2. The lowest BCUT2D eigenvalue weighted by Crippen LogP contribution is -2.53. The molecule has 0 radical (unpaired) electrons. The van der Waals surface area contributed by atoms with E-state index in [1.54, 1.807) is 18.9 Å². The number of hydrogen-bond acceptors (Lipinski definition) is 5. The van der Waals surface area contributed by atoms with Gasteiger partial charge in [0.1, 0.15) is 5.76 Å². The van der Waals surface area contributed by atoms with Gasteiger partial charge in [0.15, 0.2) is 0 Å². The molecule has 8 heteroatoms. The molecule has 29 heavy (non-hydrogen) atoms. The number of piperidine rings is 1. The summed E-state index contributed by atoms with van der Waals surface area (Å²) in [4.78, 5) is 15.4. The highest BCUT2D eigenvalue weighted by molar-refractivity contribution is 7.89. The Hall–Kier alpha value is -2.19. The fourth-order valence-corrected chi connectivity index (χ4v) is 5.22. The Kier molecular flexibility index (Phi) is 6.14. The third-order valence-electron chi connectivity index (χ3n) is 5.99. The number of rotatable bonds is 6. The normalized spacial score (nSPS) is 17.2. The zero-order chi connectivity index (χ0) is 21.2. The lowest BCUT2D eigenvalue weighted by molar-refractivity contribution is -0.138. The maximum atomic E-state index is 13.7. The van der Waals surface area contributed by atoms with Gasteiger partial charge in [0.25, 0.3) is 0 Å². The fraction of sp³-hybridized carbons (Fsp3) is 0.524. The summed E-state index contributed by atoms with van der Waals surface area (Å²) in [5, 5.41) is 3.98. The van der Waals surface area contributed by atoms with Gasteiger partial charge in [-0.2, -0.15) is 0 Å². The molecule has 0 saturated carbocycles. The fourth-order valence-electron chi connectivity index (χ4n) is 4.11. The van der Waals surface area contributed by atoms with E-state index in [4.69, 9.17) is 4.52 Å². The second kappa shape index (κ2) is 8.28. The van der Waals surface area contributed by atoms with Crippen molar-refractivity contribution in [1.82, 2.24) is 14.4 Å². The molecule has 1 aliphatic heterocycles. The molecule has 1 fully saturated rings. The van der Waals surface area contributed by atoms with Crippen LogP contribution in [0.25, 0.3) is 0 Å².